The molecule has 0 saturated heterocycles. The molecule has 0 heterocycles. The van der Waals surface area contributed by atoms with E-state index in [1.807, 2.05) is 0 Å². The summed E-state index contributed by atoms with van der Waals surface area (Å²) >= 11 is 5.27. The van der Waals surface area contributed by atoms with Crippen LogP contribution in [0.5, 0.6) is 0 Å². The molecule has 0 aliphatic carbocycles. The van der Waals surface area contributed by atoms with Gasteiger partial charge < -0.3 is 0 Å². The number of halogens is 4. The fourth-order valence-electron chi connectivity index (χ4n) is 1.35. The van der Waals surface area contributed by atoms with Gasteiger partial charge in [-0.25, -0.2) is 0 Å². The van der Waals surface area contributed by atoms with E-state index >= 15 is 0 Å². The number of Topliss-reactive ketones (excluding diaryl/α,β-unsaturated/α-hetero) is 1. The molecule has 18 heavy (non-hydrogen) atoms. The Kier molecular flexibility index (Phi) is 4.09. The molecule has 0 aromatic heterocycles. The highest BCUT2D eigenvalue weighted by Crippen LogP contribution is 2.33. The number of nitriles is 1. The van der Waals surface area contributed by atoms with Crippen molar-refractivity contribution in [2.45, 2.75) is 6.18 Å². The predicted octanol–water partition coefficient (Wildman–Crippen LogP) is 2.81. The van der Waals surface area contributed by atoms with E-state index in [4.69, 9.17) is 16.9 Å². The summed E-state index contributed by atoms with van der Waals surface area (Å²) in [6.07, 6.45) is -4.65. The summed E-state index contributed by atoms with van der Waals surface area (Å²) in [7, 11) is 0. The Balaban J connectivity index is 3.58. The van der Waals surface area contributed by atoms with E-state index in [9.17, 15) is 22.8 Å². The molecule has 0 unspecified atom stereocenters. The first-order valence-electron chi connectivity index (χ1n) is 4.54. The van der Waals surface area contributed by atoms with Gasteiger partial charge in [0.2, 0.25) is 0 Å². The Morgan fingerprint density at radius 1 is 1.44 bits per heavy atom. The molecule has 0 saturated carbocycles. The molecule has 0 bridgehead atoms. The number of alkyl halides is 4. The molecule has 94 valence electrons. The van der Waals surface area contributed by atoms with Crippen LogP contribution in [-0.4, -0.2) is 17.9 Å². The Labute approximate surface area is 105 Å². The van der Waals surface area contributed by atoms with Gasteiger partial charge in [-0.15, -0.1) is 11.6 Å². The average Bonchev–Trinajstić information content (AvgIpc) is 2.34. The van der Waals surface area contributed by atoms with Crippen LogP contribution >= 0.6 is 11.6 Å². The minimum absolute atomic E-state index is 0.121. The van der Waals surface area contributed by atoms with Gasteiger partial charge in [0.15, 0.2) is 12.1 Å². The Morgan fingerprint density at radius 3 is 2.44 bits per heavy atom. The van der Waals surface area contributed by atoms with Gasteiger partial charge in [0, 0.05) is 11.1 Å². The lowest BCUT2D eigenvalue weighted by molar-refractivity contribution is -0.137. The van der Waals surface area contributed by atoms with Gasteiger partial charge in [-0.2, -0.15) is 18.4 Å². The molecular weight excluding hydrogens is 271 g/mol. The lowest BCUT2D eigenvalue weighted by Crippen LogP contribution is -2.13. The van der Waals surface area contributed by atoms with Crippen molar-refractivity contribution < 1.29 is 22.8 Å². The van der Waals surface area contributed by atoms with Crippen molar-refractivity contribution in [3.8, 4) is 6.07 Å². The summed E-state index contributed by atoms with van der Waals surface area (Å²) < 4.78 is 37.8. The van der Waals surface area contributed by atoms with E-state index < -0.39 is 34.5 Å². The quantitative estimate of drug-likeness (QED) is 0.484. The molecule has 0 fully saturated rings. The molecule has 0 amide bonds. The Bertz CT molecular complexity index is 546. The SMILES string of the molecule is N#Cc1cc(C(=O)CCl)c(C=O)cc1C(F)(F)F. The van der Waals surface area contributed by atoms with Gasteiger partial charge >= 0.3 is 6.18 Å². The second kappa shape index (κ2) is 5.19. The molecule has 0 spiro atoms. The molecule has 1 rings (SSSR count). The van der Waals surface area contributed by atoms with Crippen molar-refractivity contribution in [2.24, 2.45) is 0 Å². The van der Waals surface area contributed by atoms with Crippen LogP contribution in [0.1, 0.15) is 31.8 Å². The number of aldehydes is 1. The molecule has 1 aromatic rings. The fraction of sp³-hybridized carbons (Fsp3) is 0.182. The number of hydrogen-bond acceptors (Lipinski definition) is 3. The number of carbonyl (C=O) groups excluding carboxylic acids is 2. The summed E-state index contributed by atoms with van der Waals surface area (Å²) in [5.74, 6) is -1.21. The van der Waals surface area contributed by atoms with Gasteiger partial charge in [0.25, 0.3) is 0 Å². The zero-order chi connectivity index (χ0) is 13.9. The summed E-state index contributed by atoms with van der Waals surface area (Å²) in [6.45, 7) is 0. The summed E-state index contributed by atoms with van der Waals surface area (Å²) in [5, 5.41) is 8.64. The Morgan fingerprint density at radius 2 is 2.06 bits per heavy atom. The third-order valence-electron chi connectivity index (χ3n) is 2.16. The zero-order valence-electron chi connectivity index (χ0n) is 8.71. The van der Waals surface area contributed by atoms with Crippen LogP contribution in [-0.2, 0) is 6.18 Å². The lowest BCUT2D eigenvalue weighted by Gasteiger charge is -2.11. The first-order chi connectivity index (χ1) is 8.35. The number of rotatable bonds is 3. The van der Waals surface area contributed by atoms with Gasteiger partial charge in [-0.05, 0) is 12.1 Å². The van der Waals surface area contributed by atoms with E-state index in [1.54, 1.807) is 0 Å². The smallest absolute Gasteiger partial charge is 0.298 e. The van der Waals surface area contributed by atoms with Crippen LogP contribution in [0.3, 0.4) is 0 Å². The first-order valence-corrected chi connectivity index (χ1v) is 5.08. The Hall–Kier alpha value is -1.87. The summed E-state index contributed by atoms with van der Waals surface area (Å²) in [6, 6.07) is 2.55. The minimum atomic E-state index is -4.77. The molecule has 0 aliphatic rings. The van der Waals surface area contributed by atoms with E-state index in [0.29, 0.717) is 6.07 Å². The topological polar surface area (TPSA) is 57.9 Å². The van der Waals surface area contributed by atoms with Crippen LogP contribution in [0.25, 0.3) is 0 Å². The maximum Gasteiger partial charge on any atom is 0.417 e. The van der Waals surface area contributed by atoms with E-state index in [-0.39, 0.29) is 11.8 Å². The number of ketones is 1. The first kappa shape index (κ1) is 14.2. The maximum absolute atomic E-state index is 12.6. The monoisotopic (exact) mass is 275 g/mol. The summed E-state index contributed by atoms with van der Waals surface area (Å²) in [4.78, 5) is 22.0. The van der Waals surface area contributed by atoms with Gasteiger partial charge in [-0.3, -0.25) is 9.59 Å². The molecule has 3 nitrogen and oxygen atoms in total. The van der Waals surface area contributed by atoms with Gasteiger partial charge in [-0.1, -0.05) is 0 Å². The molecule has 0 atom stereocenters. The van der Waals surface area contributed by atoms with Gasteiger partial charge in [0.1, 0.15) is 0 Å². The molecule has 1 aromatic carbocycles. The third-order valence-corrected chi connectivity index (χ3v) is 2.41. The van der Waals surface area contributed by atoms with Crippen molar-refractivity contribution in [3.05, 3.63) is 34.4 Å². The van der Waals surface area contributed by atoms with Crippen molar-refractivity contribution in [3.63, 3.8) is 0 Å². The highest BCUT2D eigenvalue weighted by atomic mass is 35.5. The molecule has 0 radical (unpaired) electrons. The van der Waals surface area contributed by atoms with Crippen molar-refractivity contribution in [1.82, 2.24) is 0 Å². The van der Waals surface area contributed by atoms with Crippen molar-refractivity contribution in [1.29, 1.82) is 5.26 Å². The van der Waals surface area contributed by atoms with Crippen LogP contribution in [0, 0.1) is 11.3 Å². The molecule has 0 N–H and O–H groups in total. The number of carbonyl (C=O) groups is 2. The zero-order valence-corrected chi connectivity index (χ0v) is 9.47. The standard InChI is InChI=1S/C11H5ClF3NO2/c12-3-10(18)8-1-6(4-16)9(11(13,14)15)2-7(8)5-17/h1-2,5H,3H2. The van der Waals surface area contributed by atoms with Crippen molar-refractivity contribution >= 4 is 23.7 Å². The predicted molar refractivity (Wildman–Crippen MR) is 56.6 cm³/mol. The minimum Gasteiger partial charge on any atom is -0.298 e. The molecule has 0 aliphatic heterocycles. The average molecular weight is 276 g/mol. The third kappa shape index (κ3) is 2.68. The van der Waals surface area contributed by atoms with Crippen LogP contribution < -0.4 is 0 Å². The van der Waals surface area contributed by atoms with Crippen LogP contribution in [0.4, 0.5) is 13.2 Å². The number of nitrogens with zero attached hydrogens (tertiary/aromatic N) is 1. The molecule has 7 heteroatoms. The van der Waals surface area contributed by atoms with Gasteiger partial charge in [0.05, 0.1) is 23.1 Å². The normalized spacial score (nSPS) is 10.8. The van der Waals surface area contributed by atoms with Crippen LogP contribution in [0.15, 0.2) is 12.1 Å². The summed E-state index contributed by atoms with van der Waals surface area (Å²) in [5.41, 5.74) is -2.70. The number of hydrogen-bond donors (Lipinski definition) is 0. The number of benzene rings is 1. The lowest BCUT2D eigenvalue weighted by atomic mass is 9.97. The highest BCUT2D eigenvalue weighted by molar-refractivity contribution is 6.31. The highest BCUT2D eigenvalue weighted by Gasteiger charge is 2.35. The largest absolute Gasteiger partial charge is 0.417 e. The maximum atomic E-state index is 12.6. The van der Waals surface area contributed by atoms with E-state index in [1.165, 1.54) is 6.07 Å². The van der Waals surface area contributed by atoms with Crippen LogP contribution in [0.2, 0.25) is 0 Å². The van der Waals surface area contributed by atoms with E-state index in [0.717, 1.165) is 6.07 Å². The van der Waals surface area contributed by atoms with Crippen molar-refractivity contribution in [2.75, 3.05) is 5.88 Å². The van der Waals surface area contributed by atoms with E-state index in [2.05, 4.69) is 0 Å². The second-order valence-corrected chi connectivity index (χ2v) is 3.54. The fourth-order valence-corrected chi connectivity index (χ4v) is 1.50. The molecular formula is C11H5ClF3NO2. The second-order valence-electron chi connectivity index (χ2n) is 3.27.